The van der Waals surface area contributed by atoms with Gasteiger partial charge in [0.2, 0.25) is 0 Å². The van der Waals surface area contributed by atoms with Crippen LogP contribution in [0.15, 0.2) is 18.2 Å². The van der Waals surface area contributed by atoms with E-state index in [-0.39, 0.29) is 11.7 Å². The summed E-state index contributed by atoms with van der Waals surface area (Å²) < 4.78 is 0. The lowest BCUT2D eigenvalue weighted by Crippen LogP contribution is -2.35. The molecule has 2 rings (SSSR count). The molecule has 1 unspecified atom stereocenters. The fraction of sp³-hybridized carbons (Fsp3) is 0.333. The number of hydrogen-bond donors (Lipinski definition) is 1. The second-order valence-corrected chi connectivity index (χ2v) is 3.67. The number of benzene rings is 1. The quantitative estimate of drug-likeness (QED) is 0.605. The van der Waals surface area contributed by atoms with E-state index < -0.39 is 4.92 Å². The summed E-state index contributed by atoms with van der Waals surface area (Å²) in [7, 11) is 0. The van der Waals surface area contributed by atoms with Crippen molar-refractivity contribution in [2.24, 2.45) is 0 Å². The lowest BCUT2D eigenvalue weighted by Gasteiger charge is -2.28. The highest BCUT2D eigenvalue weighted by molar-refractivity contribution is 6.31. The van der Waals surface area contributed by atoms with Crippen LogP contribution >= 0.6 is 11.6 Å². The number of nitro groups is 1. The maximum atomic E-state index is 10.5. The first-order chi connectivity index (χ1) is 6.68. The van der Waals surface area contributed by atoms with E-state index in [4.69, 9.17) is 11.6 Å². The number of nitrogens with one attached hydrogen (secondary N) is 1. The van der Waals surface area contributed by atoms with Gasteiger partial charge in [0.05, 0.1) is 4.92 Å². The number of halogens is 1. The van der Waals surface area contributed by atoms with E-state index in [0.717, 1.165) is 18.5 Å². The van der Waals surface area contributed by atoms with E-state index in [9.17, 15) is 10.1 Å². The fourth-order valence-electron chi connectivity index (χ4n) is 1.47. The van der Waals surface area contributed by atoms with Crippen LogP contribution < -0.4 is 5.32 Å². The van der Waals surface area contributed by atoms with Gasteiger partial charge < -0.3 is 5.32 Å². The second kappa shape index (κ2) is 3.55. The molecule has 5 heteroatoms. The molecule has 1 fully saturated rings. The van der Waals surface area contributed by atoms with Crippen LogP contribution in [0, 0.1) is 10.1 Å². The predicted molar refractivity (Wildman–Crippen MR) is 53.5 cm³/mol. The molecular formula is C9H9ClN2O2. The van der Waals surface area contributed by atoms with Crippen molar-refractivity contribution in [2.75, 3.05) is 6.54 Å². The van der Waals surface area contributed by atoms with Gasteiger partial charge in [0, 0.05) is 23.2 Å². The van der Waals surface area contributed by atoms with Crippen LogP contribution in [-0.2, 0) is 0 Å². The van der Waals surface area contributed by atoms with Crippen LogP contribution in [0.2, 0.25) is 5.02 Å². The Morgan fingerprint density at radius 1 is 1.57 bits per heavy atom. The highest BCUT2D eigenvalue weighted by Gasteiger charge is 2.22. The normalized spacial score (nSPS) is 20.2. The minimum Gasteiger partial charge on any atom is -0.310 e. The Labute approximate surface area is 86.0 Å². The van der Waals surface area contributed by atoms with Gasteiger partial charge in [0.15, 0.2) is 0 Å². The average Bonchev–Trinajstić information content (AvgIpc) is 2.05. The minimum atomic E-state index is -0.404. The van der Waals surface area contributed by atoms with Crippen molar-refractivity contribution in [3.05, 3.63) is 38.9 Å². The molecular weight excluding hydrogens is 204 g/mol. The third-order valence-electron chi connectivity index (χ3n) is 2.39. The first kappa shape index (κ1) is 9.43. The molecule has 1 aromatic rings. The minimum absolute atomic E-state index is 0.0955. The molecule has 0 aliphatic carbocycles. The monoisotopic (exact) mass is 212 g/mol. The van der Waals surface area contributed by atoms with Gasteiger partial charge >= 0.3 is 0 Å². The number of hydrogen-bond acceptors (Lipinski definition) is 3. The van der Waals surface area contributed by atoms with Gasteiger partial charge in [-0.25, -0.2) is 0 Å². The molecule has 74 valence electrons. The maximum Gasteiger partial charge on any atom is 0.269 e. The van der Waals surface area contributed by atoms with Gasteiger partial charge in [0.1, 0.15) is 0 Å². The van der Waals surface area contributed by atoms with Crippen molar-refractivity contribution in [1.82, 2.24) is 5.32 Å². The van der Waals surface area contributed by atoms with E-state index >= 15 is 0 Å². The molecule has 1 aromatic carbocycles. The zero-order valence-electron chi connectivity index (χ0n) is 7.37. The van der Waals surface area contributed by atoms with Gasteiger partial charge in [-0.05, 0) is 24.6 Å². The number of rotatable bonds is 2. The molecule has 0 saturated carbocycles. The first-order valence-electron chi connectivity index (χ1n) is 4.35. The molecule has 1 saturated heterocycles. The van der Waals surface area contributed by atoms with E-state index in [1.165, 1.54) is 6.07 Å². The fourth-order valence-corrected chi connectivity index (χ4v) is 1.72. The third kappa shape index (κ3) is 1.58. The number of non-ortho nitro benzene ring substituents is 1. The van der Waals surface area contributed by atoms with Crippen LogP contribution in [0.1, 0.15) is 18.0 Å². The van der Waals surface area contributed by atoms with Gasteiger partial charge in [-0.15, -0.1) is 0 Å². The largest absolute Gasteiger partial charge is 0.310 e. The summed E-state index contributed by atoms with van der Waals surface area (Å²) in [6.45, 7) is 0.948. The Balaban J connectivity index is 2.36. The van der Waals surface area contributed by atoms with Gasteiger partial charge in [0.25, 0.3) is 5.69 Å². The molecule has 1 aliphatic heterocycles. The van der Waals surface area contributed by atoms with E-state index in [2.05, 4.69) is 5.32 Å². The van der Waals surface area contributed by atoms with Crippen molar-refractivity contribution in [3.8, 4) is 0 Å². The predicted octanol–water partition coefficient (Wildman–Crippen LogP) is 2.28. The Bertz CT molecular complexity index is 377. The van der Waals surface area contributed by atoms with Crippen LogP contribution in [0.5, 0.6) is 0 Å². The first-order valence-corrected chi connectivity index (χ1v) is 4.73. The summed E-state index contributed by atoms with van der Waals surface area (Å²) in [6, 6.07) is 4.72. The lowest BCUT2D eigenvalue weighted by molar-refractivity contribution is -0.384. The van der Waals surface area contributed by atoms with E-state index in [1.807, 2.05) is 0 Å². The van der Waals surface area contributed by atoms with E-state index in [0.29, 0.717) is 5.02 Å². The topological polar surface area (TPSA) is 55.2 Å². The molecule has 0 amide bonds. The molecule has 4 nitrogen and oxygen atoms in total. The van der Waals surface area contributed by atoms with Gasteiger partial charge in [-0.2, -0.15) is 0 Å². The summed E-state index contributed by atoms with van der Waals surface area (Å²) in [6.07, 6.45) is 0.987. The Hall–Kier alpha value is -1.13. The third-order valence-corrected chi connectivity index (χ3v) is 2.73. The van der Waals surface area contributed by atoms with Crippen LogP contribution in [0.4, 0.5) is 5.69 Å². The van der Waals surface area contributed by atoms with Crippen molar-refractivity contribution >= 4 is 17.3 Å². The molecule has 1 atom stereocenters. The molecule has 1 heterocycles. The average molecular weight is 213 g/mol. The molecule has 0 spiro atoms. The zero-order chi connectivity index (χ0) is 10.1. The Kier molecular flexibility index (Phi) is 2.39. The molecule has 1 N–H and O–H groups in total. The summed E-state index contributed by atoms with van der Waals surface area (Å²) in [4.78, 5) is 10.1. The zero-order valence-corrected chi connectivity index (χ0v) is 8.12. The smallest absolute Gasteiger partial charge is 0.269 e. The molecule has 0 aromatic heterocycles. The molecule has 0 radical (unpaired) electrons. The van der Waals surface area contributed by atoms with Crippen molar-refractivity contribution in [3.63, 3.8) is 0 Å². The maximum absolute atomic E-state index is 10.5. The van der Waals surface area contributed by atoms with Crippen molar-refractivity contribution in [2.45, 2.75) is 12.5 Å². The molecule has 14 heavy (non-hydrogen) atoms. The summed E-state index contributed by atoms with van der Waals surface area (Å²) >= 11 is 5.95. The summed E-state index contributed by atoms with van der Waals surface area (Å²) in [5, 5.41) is 14.3. The van der Waals surface area contributed by atoms with Crippen LogP contribution in [0.25, 0.3) is 0 Å². The van der Waals surface area contributed by atoms with Gasteiger partial charge in [-0.1, -0.05) is 11.6 Å². The Morgan fingerprint density at radius 3 is 2.79 bits per heavy atom. The van der Waals surface area contributed by atoms with Crippen molar-refractivity contribution in [1.29, 1.82) is 0 Å². The molecule has 0 bridgehead atoms. The second-order valence-electron chi connectivity index (χ2n) is 3.26. The summed E-state index contributed by atoms with van der Waals surface area (Å²) in [5.74, 6) is 0. The van der Waals surface area contributed by atoms with Crippen LogP contribution in [0.3, 0.4) is 0 Å². The Morgan fingerprint density at radius 2 is 2.29 bits per heavy atom. The SMILES string of the molecule is O=[N+]([O-])c1ccc(Cl)c(C2CCN2)c1. The highest BCUT2D eigenvalue weighted by atomic mass is 35.5. The van der Waals surface area contributed by atoms with Gasteiger partial charge in [-0.3, -0.25) is 10.1 Å². The lowest BCUT2D eigenvalue weighted by atomic mass is 9.97. The molecule has 1 aliphatic rings. The highest BCUT2D eigenvalue weighted by Crippen LogP contribution is 2.31. The van der Waals surface area contributed by atoms with E-state index in [1.54, 1.807) is 12.1 Å². The van der Waals surface area contributed by atoms with Crippen LogP contribution in [-0.4, -0.2) is 11.5 Å². The summed E-state index contributed by atoms with van der Waals surface area (Å²) in [5.41, 5.74) is 0.921. The van der Waals surface area contributed by atoms with Crippen molar-refractivity contribution < 1.29 is 4.92 Å². The number of nitrogens with zero attached hydrogens (tertiary/aromatic N) is 1. The number of nitro benzene ring substituents is 1. The standard InChI is InChI=1S/C9H9ClN2O2/c10-8-2-1-6(12(13)14)5-7(8)9-3-4-11-9/h1-2,5,9,11H,3-4H2.